The lowest BCUT2D eigenvalue weighted by Crippen LogP contribution is -2.10. The van der Waals surface area contributed by atoms with E-state index in [2.05, 4.69) is 5.32 Å². The summed E-state index contributed by atoms with van der Waals surface area (Å²) >= 11 is 0. The van der Waals surface area contributed by atoms with E-state index in [1.54, 1.807) is 25.3 Å². The Balaban J connectivity index is 2.00. The Kier molecular flexibility index (Phi) is 5.25. The molecule has 0 atom stereocenters. The van der Waals surface area contributed by atoms with Gasteiger partial charge in [-0.05, 0) is 48.0 Å². The monoisotopic (exact) mass is 311 g/mol. The summed E-state index contributed by atoms with van der Waals surface area (Å²) in [6.45, 7) is 0. The van der Waals surface area contributed by atoms with Gasteiger partial charge in [-0.3, -0.25) is 4.79 Å². The topological polar surface area (TPSA) is 67.6 Å². The van der Waals surface area contributed by atoms with Gasteiger partial charge in [0.2, 0.25) is 5.91 Å². The zero-order chi connectivity index (χ0) is 16.8. The van der Waals surface area contributed by atoms with Crippen molar-refractivity contribution in [1.82, 2.24) is 0 Å². The molecule has 5 nitrogen and oxygen atoms in total. The minimum absolute atomic E-state index is 0.197. The maximum atomic E-state index is 11.9. The first kappa shape index (κ1) is 16.4. The second-order valence-electron chi connectivity index (χ2n) is 5.27. The van der Waals surface area contributed by atoms with Crippen LogP contribution >= 0.6 is 0 Å². The molecule has 0 bridgehead atoms. The molecule has 3 N–H and O–H groups in total. The predicted molar refractivity (Wildman–Crippen MR) is 95.8 cm³/mol. The fourth-order valence-corrected chi connectivity index (χ4v) is 2.06. The average Bonchev–Trinajstić information content (AvgIpc) is 2.53. The molecule has 120 valence electrons. The number of nitrogen functional groups attached to an aromatic ring is 1. The molecule has 0 spiro atoms. The molecule has 0 fully saturated rings. The quantitative estimate of drug-likeness (QED) is 0.658. The maximum absolute atomic E-state index is 11.9. The van der Waals surface area contributed by atoms with Gasteiger partial charge in [-0.25, -0.2) is 0 Å². The fraction of sp³-hybridized carbons (Fsp3) is 0.167. The summed E-state index contributed by atoms with van der Waals surface area (Å²) in [6, 6.07) is 13.0. The Hall–Kier alpha value is -2.95. The second kappa shape index (κ2) is 7.35. The number of hydrogen-bond donors (Lipinski definition) is 2. The molecule has 5 heteroatoms. The summed E-state index contributed by atoms with van der Waals surface area (Å²) in [7, 11) is 5.50. The fourth-order valence-electron chi connectivity index (χ4n) is 2.06. The number of hydrogen-bond acceptors (Lipinski definition) is 4. The summed E-state index contributed by atoms with van der Waals surface area (Å²) in [5.74, 6) is 0.421. The highest BCUT2D eigenvalue weighted by molar-refractivity contribution is 6.02. The zero-order valence-electron chi connectivity index (χ0n) is 13.5. The number of nitrogens with one attached hydrogen (secondary N) is 1. The van der Waals surface area contributed by atoms with E-state index < -0.39 is 0 Å². The molecular weight excluding hydrogens is 290 g/mol. The van der Waals surface area contributed by atoms with E-state index in [-0.39, 0.29) is 5.91 Å². The molecule has 0 aromatic heterocycles. The number of nitrogens with two attached hydrogens (primary N) is 1. The maximum Gasteiger partial charge on any atom is 0.248 e. The molecule has 0 saturated carbocycles. The van der Waals surface area contributed by atoms with Crippen LogP contribution in [-0.2, 0) is 4.79 Å². The second-order valence-corrected chi connectivity index (χ2v) is 5.27. The van der Waals surface area contributed by atoms with Crippen LogP contribution in [-0.4, -0.2) is 27.1 Å². The highest BCUT2D eigenvalue weighted by Gasteiger charge is 2.01. The van der Waals surface area contributed by atoms with Gasteiger partial charge in [0.25, 0.3) is 0 Å². The van der Waals surface area contributed by atoms with Gasteiger partial charge in [-0.2, -0.15) is 0 Å². The molecule has 0 radical (unpaired) electrons. The van der Waals surface area contributed by atoms with Crippen LogP contribution in [0.1, 0.15) is 5.56 Å². The van der Waals surface area contributed by atoms with E-state index >= 15 is 0 Å². The third-order valence-electron chi connectivity index (χ3n) is 3.33. The van der Waals surface area contributed by atoms with E-state index in [1.807, 2.05) is 49.3 Å². The van der Waals surface area contributed by atoms with Crippen molar-refractivity contribution in [3.05, 3.63) is 54.1 Å². The van der Waals surface area contributed by atoms with Crippen molar-refractivity contribution < 1.29 is 9.53 Å². The van der Waals surface area contributed by atoms with Crippen LogP contribution in [0.3, 0.4) is 0 Å². The molecule has 0 heterocycles. The Morgan fingerprint density at radius 2 is 1.87 bits per heavy atom. The standard InChI is InChI=1S/C18H21N3O2/c1-21(2)15-8-6-14(7-9-15)20-18(22)11-5-13-4-10-17(23-3)16(19)12-13/h4-12H,19H2,1-3H3,(H,20,22)/b11-5-. The van der Waals surface area contributed by atoms with Crippen LogP contribution in [0.4, 0.5) is 17.1 Å². The van der Waals surface area contributed by atoms with Crippen LogP contribution in [0.2, 0.25) is 0 Å². The third kappa shape index (κ3) is 4.51. The van der Waals surface area contributed by atoms with Crippen molar-refractivity contribution in [3.63, 3.8) is 0 Å². The molecule has 23 heavy (non-hydrogen) atoms. The van der Waals surface area contributed by atoms with Crippen LogP contribution < -0.4 is 20.7 Å². The van der Waals surface area contributed by atoms with Crippen molar-refractivity contribution in [2.45, 2.75) is 0 Å². The van der Waals surface area contributed by atoms with Gasteiger partial charge in [-0.15, -0.1) is 0 Å². The molecule has 0 saturated heterocycles. The molecule has 1 amide bonds. The molecule has 0 aliphatic heterocycles. The largest absolute Gasteiger partial charge is 0.495 e. The van der Waals surface area contributed by atoms with E-state index in [0.29, 0.717) is 11.4 Å². The van der Waals surface area contributed by atoms with Gasteiger partial charge in [0.1, 0.15) is 5.75 Å². The van der Waals surface area contributed by atoms with Crippen molar-refractivity contribution in [1.29, 1.82) is 0 Å². The highest BCUT2D eigenvalue weighted by atomic mass is 16.5. The number of rotatable bonds is 5. The number of anilines is 3. The summed E-state index contributed by atoms with van der Waals surface area (Å²) in [5, 5.41) is 2.82. The third-order valence-corrected chi connectivity index (χ3v) is 3.33. The lowest BCUT2D eigenvalue weighted by Gasteiger charge is -2.12. The number of carbonyl (C=O) groups is 1. The molecule has 2 aromatic rings. The Morgan fingerprint density at radius 3 is 2.43 bits per heavy atom. The van der Waals surface area contributed by atoms with Gasteiger partial charge in [0, 0.05) is 31.5 Å². The summed E-state index contributed by atoms with van der Waals surface area (Å²) < 4.78 is 5.10. The van der Waals surface area contributed by atoms with Crippen LogP contribution in [0.25, 0.3) is 6.08 Å². The lowest BCUT2D eigenvalue weighted by molar-refractivity contribution is -0.111. The van der Waals surface area contributed by atoms with Crippen molar-refractivity contribution >= 4 is 29.0 Å². The van der Waals surface area contributed by atoms with Gasteiger partial charge >= 0.3 is 0 Å². The van der Waals surface area contributed by atoms with Crippen LogP contribution in [0.5, 0.6) is 5.75 Å². The number of nitrogens with zero attached hydrogens (tertiary/aromatic N) is 1. The summed E-state index contributed by atoms with van der Waals surface area (Å²) in [6.07, 6.45) is 3.18. The molecule has 0 unspecified atom stereocenters. The average molecular weight is 311 g/mol. The SMILES string of the molecule is COc1ccc(/C=C\C(=O)Nc2ccc(N(C)C)cc2)cc1N. The first-order valence-electron chi connectivity index (χ1n) is 7.19. The number of benzene rings is 2. The predicted octanol–water partition coefficient (Wildman–Crippen LogP) is 3.00. The molecular formula is C18H21N3O2. The molecule has 2 aromatic carbocycles. The van der Waals surface area contributed by atoms with Gasteiger partial charge in [0.05, 0.1) is 12.8 Å². The smallest absolute Gasteiger partial charge is 0.248 e. The Morgan fingerprint density at radius 1 is 1.17 bits per heavy atom. The Bertz CT molecular complexity index is 707. The van der Waals surface area contributed by atoms with Crippen LogP contribution in [0.15, 0.2) is 48.5 Å². The molecule has 2 rings (SSSR count). The first-order chi connectivity index (χ1) is 11.0. The van der Waals surface area contributed by atoms with E-state index in [0.717, 1.165) is 16.9 Å². The number of methoxy groups -OCH3 is 1. The highest BCUT2D eigenvalue weighted by Crippen LogP contribution is 2.22. The molecule has 0 aliphatic carbocycles. The molecule has 0 aliphatic rings. The van der Waals surface area contributed by atoms with Gasteiger partial charge in [-0.1, -0.05) is 6.07 Å². The summed E-state index contributed by atoms with van der Waals surface area (Å²) in [4.78, 5) is 13.9. The van der Waals surface area contributed by atoms with E-state index in [9.17, 15) is 4.79 Å². The van der Waals surface area contributed by atoms with Gasteiger partial charge < -0.3 is 20.7 Å². The zero-order valence-corrected chi connectivity index (χ0v) is 13.5. The van der Waals surface area contributed by atoms with Gasteiger partial charge in [0.15, 0.2) is 0 Å². The normalized spacial score (nSPS) is 10.6. The van der Waals surface area contributed by atoms with E-state index in [4.69, 9.17) is 10.5 Å². The Labute approximate surface area is 136 Å². The van der Waals surface area contributed by atoms with Crippen molar-refractivity contribution in [2.24, 2.45) is 0 Å². The number of ether oxygens (including phenoxy) is 1. The minimum atomic E-state index is -0.197. The van der Waals surface area contributed by atoms with Crippen molar-refractivity contribution in [2.75, 3.05) is 37.2 Å². The minimum Gasteiger partial charge on any atom is -0.495 e. The summed E-state index contributed by atoms with van der Waals surface area (Å²) in [5.41, 5.74) is 9.03. The lowest BCUT2D eigenvalue weighted by atomic mass is 10.1. The van der Waals surface area contributed by atoms with E-state index in [1.165, 1.54) is 6.08 Å². The first-order valence-corrected chi connectivity index (χ1v) is 7.19. The van der Waals surface area contributed by atoms with Crippen LogP contribution in [0, 0.1) is 0 Å². The van der Waals surface area contributed by atoms with Crippen molar-refractivity contribution in [3.8, 4) is 5.75 Å². The number of carbonyl (C=O) groups excluding carboxylic acids is 1. The number of amides is 1.